The van der Waals surface area contributed by atoms with Crippen LogP contribution in [0.1, 0.15) is 31.7 Å². The van der Waals surface area contributed by atoms with Crippen molar-refractivity contribution >= 4 is 27.5 Å². The fourth-order valence-electron chi connectivity index (χ4n) is 2.32. The topological polar surface area (TPSA) is 98.7 Å². The van der Waals surface area contributed by atoms with Crippen LogP contribution in [0.15, 0.2) is 63.9 Å². The average molecular weight is 359 g/mol. The molecule has 1 unspecified atom stereocenters. The molecule has 2 rings (SSSR count). The molecule has 0 radical (unpaired) electrons. The molecule has 0 aliphatic rings. The average Bonchev–Trinajstić information content (AvgIpc) is 2.55. The molecule has 0 aliphatic carbocycles. The van der Waals surface area contributed by atoms with Crippen molar-refractivity contribution in [2.75, 3.05) is 5.32 Å². The molecule has 132 valence electrons. The first-order valence-corrected chi connectivity index (χ1v) is 9.15. The van der Waals surface area contributed by atoms with Crippen LogP contribution in [0.2, 0.25) is 0 Å². The molecule has 25 heavy (non-hydrogen) atoms. The van der Waals surface area contributed by atoms with Crippen LogP contribution in [0.4, 0.5) is 5.69 Å². The highest BCUT2D eigenvalue weighted by molar-refractivity contribution is 7.90. The summed E-state index contributed by atoms with van der Waals surface area (Å²) in [7, 11) is -4.00. The number of amides is 1. The van der Waals surface area contributed by atoms with Gasteiger partial charge >= 0.3 is 0 Å². The fourth-order valence-corrected chi connectivity index (χ4v) is 3.25. The van der Waals surface area contributed by atoms with Gasteiger partial charge in [0, 0.05) is 12.1 Å². The first-order chi connectivity index (χ1) is 11.8. The Morgan fingerprint density at radius 3 is 2.28 bits per heavy atom. The highest BCUT2D eigenvalue weighted by atomic mass is 32.2. The van der Waals surface area contributed by atoms with E-state index >= 15 is 0 Å². The first-order valence-electron chi connectivity index (χ1n) is 7.71. The summed E-state index contributed by atoms with van der Waals surface area (Å²) in [5, 5.41) is 13.6. The van der Waals surface area contributed by atoms with E-state index in [1.54, 1.807) is 0 Å². The van der Waals surface area contributed by atoms with Crippen LogP contribution in [0.25, 0.3) is 0 Å². The van der Waals surface area contributed by atoms with Gasteiger partial charge in [-0.2, -0.15) is 12.8 Å². The van der Waals surface area contributed by atoms with Gasteiger partial charge in [-0.3, -0.25) is 4.79 Å². The third-order valence-electron chi connectivity index (χ3n) is 3.54. The van der Waals surface area contributed by atoms with E-state index in [0.717, 1.165) is 12.5 Å². The van der Waals surface area contributed by atoms with Crippen LogP contribution in [-0.2, 0) is 14.8 Å². The molecule has 0 bridgehead atoms. The molecule has 0 saturated heterocycles. The zero-order valence-electron chi connectivity index (χ0n) is 14.0. The monoisotopic (exact) mass is 359 g/mol. The third-order valence-corrected chi connectivity index (χ3v) is 4.91. The van der Waals surface area contributed by atoms with Gasteiger partial charge in [0.05, 0.1) is 4.90 Å². The SMILES string of the molecule is CC([O-])=NS(=O)(=O)c1ccc(NC(=O)CC(C)c2ccccc2)cc1. The van der Waals surface area contributed by atoms with Gasteiger partial charge in [-0.1, -0.05) is 37.3 Å². The second kappa shape index (κ2) is 7.94. The Labute approximate surface area is 147 Å². The number of carbonyl (C=O) groups excluding carboxylic acids is 1. The van der Waals surface area contributed by atoms with Crippen molar-refractivity contribution in [1.29, 1.82) is 0 Å². The summed E-state index contributed by atoms with van der Waals surface area (Å²) in [5.74, 6) is -0.886. The fraction of sp³-hybridized carbons (Fsp3) is 0.222. The van der Waals surface area contributed by atoms with Crippen molar-refractivity contribution in [3.05, 3.63) is 60.2 Å². The van der Waals surface area contributed by atoms with Crippen LogP contribution < -0.4 is 10.4 Å². The van der Waals surface area contributed by atoms with E-state index in [9.17, 15) is 18.3 Å². The molecule has 6 nitrogen and oxygen atoms in total. The third kappa shape index (κ3) is 5.42. The lowest BCUT2D eigenvalue weighted by Crippen LogP contribution is -2.15. The number of rotatable bonds is 6. The number of hydrogen-bond acceptors (Lipinski definition) is 4. The Hall–Kier alpha value is -2.67. The minimum absolute atomic E-state index is 0.0650. The smallest absolute Gasteiger partial charge is 0.281 e. The quantitative estimate of drug-likeness (QED) is 0.632. The molecule has 0 saturated carbocycles. The lowest BCUT2D eigenvalue weighted by molar-refractivity contribution is -0.215. The molecule has 2 aromatic rings. The normalized spacial score (nSPS) is 13.3. The minimum atomic E-state index is -4.00. The van der Waals surface area contributed by atoms with Crippen molar-refractivity contribution in [2.45, 2.75) is 31.1 Å². The van der Waals surface area contributed by atoms with E-state index in [2.05, 4.69) is 9.71 Å². The lowest BCUT2D eigenvalue weighted by atomic mass is 9.97. The van der Waals surface area contributed by atoms with Crippen LogP contribution in [0, 0.1) is 0 Å². The number of anilines is 1. The van der Waals surface area contributed by atoms with Gasteiger partial charge in [0.2, 0.25) is 5.91 Å². The maximum absolute atomic E-state index is 12.1. The van der Waals surface area contributed by atoms with Crippen molar-refractivity contribution in [1.82, 2.24) is 0 Å². The van der Waals surface area contributed by atoms with Gasteiger partial charge in [-0.05, 0) is 48.6 Å². The Bertz CT molecular complexity index is 856. The van der Waals surface area contributed by atoms with Crippen LogP contribution in [0.5, 0.6) is 0 Å². The molecule has 7 heteroatoms. The van der Waals surface area contributed by atoms with Crippen LogP contribution >= 0.6 is 0 Å². The van der Waals surface area contributed by atoms with Gasteiger partial charge in [-0.15, -0.1) is 0 Å². The van der Waals surface area contributed by atoms with Crippen LogP contribution in [-0.4, -0.2) is 20.2 Å². The van der Waals surface area contributed by atoms with E-state index in [1.165, 1.54) is 24.3 Å². The number of carbonyl (C=O) groups is 1. The molecular weight excluding hydrogens is 340 g/mol. The lowest BCUT2D eigenvalue weighted by Gasteiger charge is -2.12. The standard InChI is InChI=1S/C18H20N2O4S/c1-13(15-6-4-3-5-7-15)12-18(22)19-16-8-10-17(11-9-16)25(23,24)20-14(2)21/h3-11,13H,12H2,1-2H3,(H,19,22)(H,20,21)/p-1. The summed E-state index contributed by atoms with van der Waals surface area (Å²) in [5.41, 5.74) is 1.55. The van der Waals surface area contributed by atoms with Gasteiger partial charge in [0.1, 0.15) is 0 Å². The van der Waals surface area contributed by atoms with E-state index in [-0.39, 0.29) is 16.7 Å². The predicted molar refractivity (Wildman–Crippen MR) is 94.8 cm³/mol. The van der Waals surface area contributed by atoms with Crippen molar-refractivity contribution in [2.24, 2.45) is 4.40 Å². The second-order valence-electron chi connectivity index (χ2n) is 5.67. The Morgan fingerprint density at radius 2 is 1.72 bits per heavy atom. The molecule has 0 heterocycles. The van der Waals surface area contributed by atoms with E-state index in [1.807, 2.05) is 37.3 Å². The Morgan fingerprint density at radius 1 is 1.12 bits per heavy atom. The molecule has 1 amide bonds. The Balaban J connectivity index is 2.01. The summed E-state index contributed by atoms with van der Waals surface area (Å²) in [4.78, 5) is 12.0. The van der Waals surface area contributed by atoms with Crippen molar-refractivity contribution in [3.8, 4) is 0 Å². The number of benzene rings is 2. The number of sulfonamides is 1. The zero-order valence-corrected chi connectivity index (χ0v) is 14.8. The second-order valence-corrected chi connectivity index (χ2v) is 7.28. The highest BCUT2D eigenvalue weighted by Crippen LogP contribution is 2.20. The van der Waals surface area contributed by atoms with E-state index in [0.29, 0.717) is 12.1 Å². The number of nitrogens with one attached hydrogen (secondary N) is 1. The minimum Gasteiger partial charge on any atom is -0.861 e. The molecule has 0 fully saturated rings. The molecular formula is C18H19N2O4S-. The first kappa shape index (κ1) is 18.7. The van der Waals surface area contributed by atoms with Crippen LogP contribution in [0.3, 0.4) is 0 Å². The van der Waals surface area contributed by atoms with E-state index < -0.39 is 15.9 Å². The summed E-state index contributed by atoms with van der Waals surface area (Å²) in [6.45, 7) is 3.04. The largest absolute Gasteiger partial charge is 0.861 e. The summed E-state index contributed by atoms with van der Waals surface area (Å²) in [6, 6.07) is 15.2. The predicted octanol–water partition coefficient (Wildman–Crippen LogP) is 2.29. The van der Waals surface area contributed by atoms with E-state index in [4.69, 9.17) is 0 Å². The van der Waals surface area contributed by atoms with Crippen molar-refractivity contribution in [3.63, 3.8) is 0 Å². The van der Waals surface area contributed by atoms with Crippen molar-refractivity contribution < 1.29 is 18.3 Å². The van der Waals surface area contributed by atoms with Gasteiger partial charge in [0.25, 0.3) is 10.0 Å². The number of hydrogen-bond donors (Lipinski definition) is 1. The molecule has 1 N–H and O–H groups in total. The summed E-state index contributed by atoms with van der Waals surface area (Å²) < 4.78 is 26.7. The highest BCUT2D eigenvalue weighted by Gasteiger charge is 2.13. The van der Waals surface area contributed by atoms with Gasteiger partial charge in [0.15, 0.2) is 0 Å². The maximum Gasteiger partial charge on any atom is 0.281 e. The summed E-state index contributed by atoms with van der Waals surface area (Å²) >= 11 is 0. The Kier molecular flexibility index (Phi) is 5.93. The molecule has 0 aromatic heterocycles. The molecule has 0 aliphatic heterocycles. The summed E-state index contributed by atoms with van der Waals surface area (Å²) in [6.07, 6.45) is 0.309. The number of nitrogens with zero attached hydrogens (tertiary/aromatic N) is 1. The molecule has 0 spiro atoms. The molecule has 2 aromatic carbocycles. The van der Waals surface area contributed by atoms with Gasteiger partial charge < -0.3 is 10.4 Å². The zero-order chi connectivity index (χ0) is 18.4. The maximum atomic E-state index is 12.1. The molecule has 1 atom stereocenters. The van der Waals surface area contributed by atoms with Gasteiger partial charge in [-0.25, -0.2) is 0 Å².